The molecular weight excluding hydrogens is 272 g/mol. The van der Waals surface area contributed by atoms with E-state index in [-0.39, 0.29) is 5.41 Å². The van der Waals surface area contributed by atoms with Crippen molar-refractivity contribution in [3.05, 3.63) is 58.7 Å². The van der Waals surface area contributed by atoms with Gasteiger partial charge < -0.3 is 4.74 Å². The molecule has 0 saturated heterocycles. The Hall–Kier alpha value is -2.09. The molecule has 0 N–H and O–H groups in total. The predicted octanol–water partition coefficient (Wildman–Crippen LogP) is 4.84. The third kappa shape index (κ3) is 1.83. The number of ketones is 1. The highest BCUT2D eigenvalue weighted by Crippen LogP contribution is 2.54. The fraction of sp³-hybridized carbons (Fsp3) is 0.350. The Balaban J connectivity index is 2.00. The zero-order chi connectivity index (χ0) is 15.3. The van der Waals surface area contributed by atoms with Crippen molar-refractivity contribution in [3.8, 4) is 11.5 Å². The van der Waals surface area contributed by atoms with Crippen molar-refractivity contribution < 1.29 is 9.53 Å². The minimum atomic E-state index is -0.196. The van der Waals surface area contributed by atoms with Gasteiger partial charge in [0.2, 0.25) is 0 Å². The number of fused-ring (bicyclic) bond motifs is 4. The lowest BCUT2D eigenvalue weighted by Crippen LogP contribution is -2.37. The van der Waals surface area contributed by atoms with Gasteiger partial charge in [0, 0.05) is 29.4 Å². The summed E-state index contributed by atoms with van der Waals surface area (Å²) in [6, 6.07) is 12.6. The van der Waals surface area contributed by atoms with Gasteiger partial charge in [0.05, 0.1) is 0 Å². The standard InChI is InChI=1S/C20H20O2/c1-13-10-17-19(11-14(13)2)22-18-8-4-3-7-16(18)20(17)9-5-6-15(21)12-20/h3-4,7-8,10-11H,5-6,9,12H2,1-2H3. The van der Waals surface area contributed by atoms with Gasteiger partial charge in [0.25, 0.3) is 0 Å². The lowest BCUT2D eigenvalue weighted by molar-refractivity contribution is -0.121. The topological polar surface area (TPSA) is 26.3 Å². The monoisotopic (exact) mass is 292 g/mol. The highest BCUT2D eigenvalue weighted by Gasteiger charge is 2.45. The van der Waals surface area contributed by atoms with Gasteiger partial charge in [-0.25, -0.2) is 0 Å². The molecule has 1 unspecified atom stereocenters. The van der Waals surface area contributed by atoms with E-state index < -0.39 is 0 Å². The predicted molar refractivity (Wildman–Crippen MR) is 86.7 cm³/mol. The van der Waals surface area contributed by atoms with Gasteiger partial charge in [-0.2, -0.15) is 0 Å². The van der Waals surface area contributed by atoms with E-state index in [1.54, 1.807) is 0 Å². The molecule has 1 saturated carbocycles. The average molecular weight is 292 g/mol. The Morgan fingerprint density at radius 1 is 1.00 bits per heavy atom. The summed E-state index contributed by atoms with van der Waals surface area (Å²) in [6.07, 6.45) is 3.29. The van der Waals surface area contributed by atoms with Crippen LogP contribution in [0.25, 0.3) is 0 Å². The number of ether oxygens (including phenoxy) is 1. The molecule has 4 rings (SSSR count). The summed E-state index contributed by atoms with van der Waals surface area (Å²) in [5, 5.41) is 0. The van der Waals surface area contributed by atoms with Crippen molar-refractivity contribution in [2.75, 3.05) is 0 Å². The second kappa shape index (κ2) is 4.70. The largest absolute Gasteiger partial charge is 0.457 e. The quantitative estimate of drug-likeness (QED) is 0.694. The van der Waals surface area contributed by atoms with E-state index in [0.29, 0.717) is 18.6 Å². The first-order valence-electron chi connectivity index (χ1n) is 8.01. The highest BCUT2D eigenvalue weighted by molar-refractivity contribution is 5.83. The smallest absolute Gasteiger partial charge is 0.134 e. The molecule has 0 bridgehead atoms. The van der Waals surface area contributed by atoms with Crippen molar-refractivity contribution in [3.63, 3.8) is 0 Å². The molecule has 22 heavy (non-hydrogen) atoms. The van der Waals surface area contributed by atoms with Crippen molar-refractivity contribution >= 4 is 5.78 Å². The van der Waals surface area contributed by atoms with Crippen molar-refractivity contribution in [1.82, 2.24) is 0 Å². The summed E-state index contributed by atoms with van der Waals surface area (Å²) in [5.74, 6) is 2.21. The number of Topliss-reactive ketones (excluding diaryl/α,β-unsaturated/α-hetero) is 1. The molecule has 2 aliphatic rings. The van der Waals surface area contributed by atoms with Gasteiger partial charge in [-0.1, -0.05) is 24.3 Å². The summed E-state index contributed by atoms with van der Waals surface area (Å²) in [4.78, 5) is 12.3. The van der Waals surface area contributed by atoms with E-state index in [4.69, 9.17) is 4.74 Å². The number of hydrogen-bond donors (Lipinski definition) is 0. The van der Waals surface area contributed by atoms with Crippen molar-refractivity contribution in [1.29, 1.82) is 0 Å². The first-order chi connectivity index (χ1) is 10.6. The number of carbonyl (C=O) groups excluding carboxylic acids is 1. The van der Waals surface area contributed by atoms with Gasteiger partial charge in [-0.15, -0.1) is 0 Å². The molecule has 0 amide bonds. The SMILES string of the molecule is Cc1cc2c(cc1C)C1(CCCC(=O)C1)c1ccccc1O2. The second-order valence-corrected chi connectivity index (χ2v) is 6.68. The van der Waals surface area contributed by atoms with Crippen molar-refractivity contribution in [2.45, 2.75) is 44.9 Å². The minimum absolute atomic E-state index is 0.196. The summed E-state index contributed by atoms with van der Waals surface area (Å²) in [5.41, 5.74) is 4.67. The average Bonchev–Trinajstić information content (AvgIpc) is 2.50. The molecule has 2 heteroatoms. The third-order valence-corrected chi connectivity index (χ3v) is 5.29. The van der Waals surface area contributed by atoms with Crippen molar-refractivity contribution in [2.24, 2.45) is 0 Å². The van der Waals surface area contributed by atoms with Crippen LogP contribution in [0.3, 0.4) is 0 Å². The van der Waals surface area contributed by atoms with E-state index in [2.05, 4.69) is 38.1 Å². The molecular formula is C20H20O2. The Kier molecular flexibility index (Phi) is 2.90. The molecule has 1 fully saturated rings. The highest BCUT2D eigenvalue weighted by atomic mass is 16.5. The number of carbonyl (C=O) groups is 1. The summed E-state index contributed by atoms with van der Waals surface area (Å²) in [6.45, 7) is 4.24. The Labute approximate surface area is 131 Å². The fourth-order valence-electron chi connectivity index (χ4n) is 4.02. The van der Waals surface area contributed by atoms with Crippen LogP contribution in [0.4, 0.5) is 0 Å². The number of hydrogen-bond acceptors (Lipinski definition) is 2. The van der Waals surface area contributed by atoms with Gasteiger partial charge in [-0.3, -0.25) is 4.79 Å². The summed E-state index contributed by atoms with van der Waals surface area (Å²) < 4.78 is 6.16. The first-order valence-corrected chi connectivity index (χ1v) is 8.01. The third-order valence-electron chi connectivity index (χ3n) is 5.29. The van der Waals surface area contributed by atoms with Crippen LogP contribution in [0.5, 0.6) is 11.5 Å². The van der Waals surface area contributed by atoms with E-state index in [9.17, 15) is 4.79 Å². The minimum Gasteiger partial charge on any atom is -0.457 e. The normalized spacial score (nSPS) is 22.9. The summed E-state index contributed by atoms with van der Waals surface area (Å²) >= 11 is 0. The zero-order valence-corrected chi connectivity index (χ0v) is 13.1. The van der Waals surface area contributed by atoms with Gasteiger partial charge >= 0.3 is 0 Å². The first kappa shape index (κ1) is 13.6. The molecule has 1 spiro atoms. The molecule has 1 atom stereocenters. The Bertz CT molecular complexity index is 775. The number of rotatable bonds is 0. The van der Waals surface area contributed by atoms with Crippen LogP contribution in [0.1, 0.15) is 47.9 Å². The summed E-state index contributed by atoms with van der Waals surface area (Å²) in [7, 11) is 0. The van der Waals surface area contributed by atoms with E-state index in [0.717, 1.165) is 24.3 Å². The van der Waals surface area contributed by atoms with E-state index in [1.807, 2.05) is 12.1 Å². The zero-order valence-electron chi connectivity index (χ0n) is 13.1. The molecule has 1 heterocycles. The van der Waals surface area contributed by atoms with Crippen LogP contribution in [0, 0.1) is 13.8 Å². The number of benzene rings is 2. The van der Waals surface area contributed by atoms with Crippen LogP contribution < -0.4 is 4.74 Å². The van der Waals surface area contributed by atoms with Gasteiger partial charge in [-0.05, 0) is 49.9 Å². The molecule has 2 aromatic rings. The maximum absolute atomic E-state index is 12.3. The number of aryl methyl sites for hydroxylation is 2. The van der Waals surface area contributed by atoms with Crippen LogP contribution in [0.2, 0.25) is 0 Å². The van der Waals surface area contributed by atoms with Crippen LogP contribution in [-0.2, 0) is 10.2 Å². The molecule has 2 aromatic carbocycles. The molecule has 112 valence electrons. The van der Waals surface area contributed by atoms with Crippen LogP contribution in [-0.4, -0.2) is 5.78 Å². The molecule has 2 nitrogen and oxygen atoms in total. The Morgan fingerprint density at radius 3 is 2.59 bits per heavy atom. The van der Waals surface area contributed by atoms with E-state index in [1.165, 1.54) is 22.3 Å². The van der Waals surface area contributed by atoms with E-state index >= 15 is 0 Å². The Morgan fingerprint density at radius 2 is 1.77 bits per heavy atom. The lowest BCUT2D eigenvalue weighted by atomic mass is 9.63. The molecule has 0 aromatic heterocycles. The van der Waals surface area contributed by atoms with Gasteiger partial charge in [0.1, 0.15) is 17.3 Å². The fourth-order valence-corrected chi connectivity index (χ4v) is 4.02. The van der Waals surface area contributed by atoms with Crippen LogP contribution in [0.15, 0.2) is 36.4 Å². The second-order valence-electron chi connectivity index (χ2n) is 6.68. The molecule has 0 radical (unpaired) electrons. The number of para-hydroxylation sites is 1. The maximum Gasteiger partial charge on any atom is 0.134 e. The van der Waals surface area contributed by atoms with Crippen LogP contribution >= 0.6 is 0 Å². The maximum atomic E-state index is 12.3. The molecule has 1 aliphatic carbocycles. The lowest BCUT2D eigenvalue weighted by Gasteiger charge is -2.42. The van der Waals surface area contributed by atoms with Gasteiger partial charge in [0.15, 0.2) is 0 Å². The molecule has 1 aliphatic heterocycles.